The summed E-state index contributed by atoms with van der Waals surface area (Å²) in [6, 6.07) is 16.0. The maximum absolute atomic E-state index is 8.94. The van der Waals surface area contributed by atoms with Crippen molar-refractivity contribution >= 4 is 17.3 Å². The fourth-order valence-corrected chi connectivity index (χ4v) is 3.68. The van der Waals surface area contributed by atoms with Crippen LogP contribution >= 0.6 is 11.6 Å². The molecule has 24 heavy (non-hydrogen) atoms. The average Bonchev–Trinajstić information content (AvgIpc) is 2.61. The second-order valence-electron chi connectivity index (χ2n) is 6.06. The lowest BCUT2D eigenvalue weighted by Crippen LogP contribution is -2.43. The number of anilines is 1. The van der Waals surface area contributed by atoms with Crippen LogP contribution in [0, 0.1) is 11.3 Å². The zero-order valence-corrected chi connectivity index (χ0v) is 13.8. The number of benzene rings is 2. The zero-order valence-electron chi connectivity index (χ0n) is 13.0. The van der Waals surface area contributed by atoms with Crippen molar-refractivity contribution in [1.29, 1.82) is 5.26 Å². The molecule has 0 amide bonds. The molecule has 0 aromatic heterocycles. The molecule has 2 aliphatic heterocycles. The van der Waals surface area contributed by atoms with Crippen LogP contribution in [0.4, 0.5) is 5.69 Å². The Bertz CT molecular complexity index is 802. The molecule has 2 aliphatic rings. The molecule has 0 saturated carbocycles. The van der Waals surface area contributed by atoms with Gasteiger partial charge in [0.05, 0.1) is 31.7 Å². The Balaban J connectivity index is 1.76. The molecule has 4 rings (SSSR count). The normalized spacial score (nSPS) is 25.1. The number of nitrogens with zero attached hydrogens (tertiary/aromatic N) is 1. The van der Waals surface area contributed by atoms with Crippen LogP contribution in [0.25, 0.3) is 0 Å². The maximum atomic E-state index is 8.94. The van der Waals surface area contributed by atoms with Crippen molar-refractivity contribution in [3.05, 3.63) is 64.2 Å². The number of halogens is 1. The first kappa shape index (κ1) is 15.5. The quantitative estimate of drug-likeness (QED) is 0.896. The van der Waals surface area contributed by atoms with Gasteiger partial charge in [0, 0.05) is 16.3 Å². The molecular formula is C19H17ClN2O2. The third-order valence-corrected chi connectivity index (χ3v) is 4.78. The van der Waals surface area contributed by atoms with Crippen molar-refractivity contribution in [2.24, 2.45) is 0 Å². The second-order valence-corrected chi connectivity index (χ2v) is 6.50. The largest absolute Gasteiger partial charge is 0.375 e. The fourth-order valence-electron chi connectivity index (χ4n) is 3.48. The van der Waals surface area contributed by atoms with Crippen molar-refractivity contribution in [2.75, 3.05) is 18.5 Å². The third-order valence-electron chi connectivity index (χ3n) is 4.54. The van der Waals surface area contributed by atoms with E-state index in [-0.39, 0.29) is 18.2 Å². The van der Waals surface area contributed by atoms with Crippen molar-refractivity contribution in [3.63, 3.8) is 0 Å². The first-order valence-electron chi connectivity index (χ1n) is 8.01. The number of hydrogen-bond acceptors (Lipinski definition) is 4. The van der Waals surface area contributed by atoms with Gasteiger partial charge >= 0.3 is 0 Å². The summed E-state index contributed by atoms with van der Waals surface area (Å²) >= 11 is 6.16. The number of nitriles is 1. The number of fused-ring (bicyclic) bond motifs is 3. The first-order chi connectivity index (χ1) is 11.8. The standard InChI is InChI=1S/C19H17ClN2O2/c20-14-3-1-2-13(11-14)17-19-18(23-8-9-24-19)15-10-12(6-7-21)4-5-16(15)22-17/h1-5,10-11,17-19,22H,6,8-9H2. The van der Waals surface area contributed by atoms with E-state index in [4.69, 9.17) is 26.3 Å². The van der Waals surface area contributed by atoms with Crippen molar-refractivity contribution in [2.45, 2.75) is 24.7 Å². The molecule has 122 valence electrons. The molecule has 1 saturated heterocycles. The van der Waals surface area contributed by atoms with Gasteiger partial charge in [0.2, 0.25) is 0 Å². The van der Waals surface area contributed by atoms with Gasteiger partial charge in [0.15, 0.2) is 0 Å². The van der Waals surface area contributed by atoms with E-state index in [1.807, 2.05) is 42.5 Å². The zero-order chi connectivity index (χ0) is 16.5. The van der Waals surface area contributed by atoms with E-state index in [0.717, 1.165) is 22.4 Å². The van der Waals surface area contributed by atoms with Crippen molar-refractivity contribution in [3.8, 4) is 6.07 Å². The fraction of sp³-hybridized carbons (Fsp3) is 0.316. The summed E-state index contributed by atoms with van der Waals surface area (Å²) in [6.45, 7) is 1.15. The minimum Gasteiger partial charge on any atom is -0.375 e. The van der Waals surface area contributed by atoms with E-state index in [1.54, 1.807) is 0 Å². The maximum Gasteiger partial charge on any atom is 0.113 e. The number of ether oxygens (including phenoxy) is 2. The average molecular weight is 341 g/mol. The lowest BCUT2D eigenvalue weighted by molar-refractivity contribution is -0.151. The van der Waals surface area contributed by atoms with Gasteiger partial charge in [-0.2, -0.15) is 5.26 Å². The van der Waals surface area contributed by atoms with Gasteiger partial charge in [-0.3, -0.25) is 0 Å². The summed E-state index contributed by atoms with van der Waals surface area (Å²) in [5, 5.41) is 13.2. The van der Waals surface area contributed by atoms with Gasteiger partial charge in [-0.05, 0) is 35.4 Å². The van der Waals surface area contributed by atoms with Gasteiger partial charge in [-0.1, -0.05) is 29.8 Å². The minimum atomic E-state index is -0.141. The number of hydrogen-bond donors (Lipinski definition) is 1. The van der Waals surface area contributed by atoms with Gasteiger partial charge in [-0.15, -0.1) is 0 Å². The van der Waals surface area contributed by atoms with Crippen molar-refractivity contribution in [1.82, 2.24) is 0 Å². The molecule has 0 aliphatic carbocycles. The molecule has 2 aromatic carbocycles. The van der Waals surface area contributed by atoms with Gasteiger partial charge in [0.1, 0.15) is 12.2 Å². The van der Waals surface area contributed by atoms with Crippen LogP contribution in [0.3, 0.4) is 0 Å². The Labute approximate surface area is 146 Å². The van der Waals surface area contributed by atoms with E-state index in [1.165, 1.54) is 0 Å². The summed E-state index contributed by atoms with van der Waals surface area (Å²) in [5.41, 5.74) is 4.15. The number of rotatable bonds is 2. The molecule has 3 unspecified atom stereocenters. The lowest BCUT2D eigenvalue weighted by Gasteiger charge is -2.43. The molecule has 5 heteroatoms. The highest BCUT2D eigenvalue weighted by atomic mass is 35.5. The molecule has 1 fully saturated rings. The van der Waals surface area contributed by atoms with E-state index < -0.39 is 0 Å². The predicted molar refractivity (Wildman–Crippen MR) is 92.0 cm³/mol. The van der Waals surface area contributed by atoms with Gasteiger partial charge < -0.3 is 14.8 Å². The van der Waals surface area contributed by atoms with Gasteiger partial charge in [-0.25, -0.2) is 0 Å². The van der Waals surface area contributed by atoms with Crippen LogP contribution in [-0.4, -0.2) is 19.3 Å². The van der Waals surface area contributed by atoms with Crippen LogP contribution in [0.1, 0.15) is 28.8 Å². The van der Waals surface area contributed by atoms with Crippen LogP contribution in [-0.2, 0) is 15.9 Å². The summed E-state index contributed by atoms with van der Waals surface area (Å²) in [6.07, 6.45) is 0.128. The van der Waals surface area contributed by atoms with Gasteiger partial charge in [0.25, 0.3) is 0 Å². The lowest BCUT2D eigenvalue weighted by atomic mass is 9.87. The van der Waals surface area contributed by atoms with E-state index >= 15 is 0 Å². The Hall–Kier alpha value is -2.06. The minimum absolute atomic E-state index is 0.0247. The van der Waals surface area contributed by atoms with E-state index in [9.17, 15) is 0 Å². The summed E-state index contributed by atoms with van der Waals surface area (Å²) in [5.74, 6) is 0. The summed E-state index contributed by atoms with van der Waals surface area (Å²) in [7, 11) is 0. The molecule has 0 spiro atoms. The molecule has 0 bridgehead atoms. The molecular weight excluding hydrogens is 324 g/mol. The van der Waals surface area contributed by atoms with E-state index in [0.29, 0.717) is 24.7 Å². The Morgan fingerprint density at radius 2 is 2.04 bits per heavy atom. The van der Waals surface area contributed by atoms with Crippen LogP contribution < -0.4 is 5.32 Å². The highest BCUT2D eigenvalue weighted by Crippen LogP contribution is 2.44. The predicted octanol–water partition coefficient (Wildman–Crippen LogP) is 4.03. The monoisotopic (exact) mass is 340 g/mol. The third kappa shape index (κ3) is 2.76. The topological polar surface area (TPSA) is 54.3 Å². The molecule has 1 N–H and O–H groups in total. The number of nitrogens with one attached hydrogen (secondary N) is 1. The van der Waals surface area contributed by atoms with Crippen LogP contribution in [0.2, 0.25) is 5.02 Å². The molecule has 0 radical (unpaired) electrons. The highest BCUT2D eigenvalue weighted by molar-refractivity contribution is 6.30. The Morgan fingerprint density at radius 1 is 1.17 bits per heavy atom. The smallest absolute Gasteiger partial charge is 0.113 e. The molecule has 2 heterocycles. The van der Waals surface area contributed by atoms with Crippen molar-refractivity contribution < 1.29 is 9.47 Å². The molecule has 4 nitrogen and oxygen atoms in total. The molecule has 3 atom stereocenters. The van der Waals surface area contributed by atoms with Crippen LogP contribution in [0.5, 0.6) is 0 Å². The highest BCUT2D eigenvalue weighted by Gasteiger charge is 2.41. The Kier molecular flexibility index (Phi) is 4.15. The summed E-state index contributed by atoms with van der Waals surface area (Å²) < 4.78 is 12.1. The SMILES string of the molecule is N#CCc1ccc2c(c1)C1OCCOC1C(c1cccc(Cl)c1)N2. The first-order valence-corrected chi connectivity index (χ1v) is 8.39. The molecule has 2 aromatic rings. The van der Waals surface area contributed by atoms with Crippen LogP contribution in [0.15, 0.2) is 42.5 Å². The Morgan fingerprint density at radius 3 is 2.88 bits per heavy atom. The second kappa shape index (κ2) is 6.45. The summed E-state index contributed by atoms with van der Waals surface area (Å²) in [4.78, 5) is 0. The van der Waals surface area contributed by atoms with E-state index in [2.05, 4.69) is 11.4 Å².